The summed E-state index contributed by atoms with van der Waals surface area (Å²) < 4.78 is 4.84. The van der Waals surface area contributed by atoms with Gasteiger partial charge in [0, 0.05) is 33.2 Å². The van der Waals surface area contributed by atoms with Crippen LogP contribution < -0.4 is 15.8 Å². The lowest BCUT2D eigenvalue weighted by Gasteiger charge is -2.17. The van der Waals surface area contributed by atoms with Gasteiger partial charge in [0.25, 0.3) is 5.56 Å². The Morgan fingerprint density at radius 1 is 1.58 bits per heavy atom. The average molecular weight is 268 g/mol. The highest BCUT2D eigenvalue weighted by Crippen LogP contribution is 2.05. The van der Waals surface area contributed by atoms with Crippen molar-refractivity contribution in [2.45, 2.75) is 13.3 Å². The predicted molar refractivity (Wildman–Crippen MR) is 72.4 cm³/mol. The largest absolute Gasteiger partial charge is 0.383 e. The fraction of sp³-hybridized carbons (Fsp3) is 0.583. The second-order valence-corrected chi connectivity index (χ2v) is 4.10. The predicted octanol–water partition coefficient (Wildman–Crippen LogP) is -0.469. The van der Waals surface area contributed by atoms with Crippen molar-refractivity contribution in [1.29, 1.82) is 0 Å². The van der Waals surface area contributed by atoms with E-state index in [0.717, 1.165) is 0 Å². The molecular formula is C12H20N4O3. The Labute approximate surface area is 112 Å². The SMILES string of the molecule is CCc1nc(N(C)CC(=O)NCCOC)cc(=O)[nH]1. The van der Waals surface area contributed by atoms with E-state index in [2.05, 4.69) is 15.3 Å². The van der Waals surface area contributed by atoms with E-state index in [0.29, 0.717) is 31.2 Å². The van der Waals surface area contributed by atoms with Gasteiger partial charge in [-0.05, 0) is 0 Å². The highest BCUT2D eigenvalue weighted by Gasteiger charge is 2.09. The van der Waals surface area contributed by atoms with Gasteiger partial charge in [0.15, 0.2) is 0 Å². The van der Waals surface area contributed by atoms with Gasteiger partial charge in [-0.2, -0.15) is 0 Å². The second-order valence-electron chi connectivity index (χ2n) is 4.10. The zero-order valence-electron chi connectivity index (χ0n) is 11.5. The number of rotatable bonds is 7. The number of hydrogen-bond acceptors (Lipinski definition) is 5. The summed E-state index contributed by atoms with van der Waals surface area (Å²) in [6, 6.07) is 1.38. The summed E-state index contributed by atoms with van der Waals surface area (Å²) >= 11 is 0. The molecule has 19 heavy (non-hydrogen) atoms. The number of nitrogens with zero attached hydrogens (tertiary/aromatic N) is 2. The number of aryl methyl sites for hydroxylation is 1. The van der Waals surface area contributed by atoms with Crippen LogP contribution in [0.1, 0.15) is 12.7 Å². The normalized spacial score (nSPS) is 10.3. The Kier molecular flexibility index (Phi) is 6.01. The number of ether oxygens (including phenoxy) is 1. The fourth-order valence-corrected chi connectivity index (χ4v) is 1.50. The molecule has 1 aromatic heterocycles. The number of H-pyrrole nitrogens is 1. The van der Waals surface area contributed by atoms with E-state index in [9.17, 15) is 9.59 Å². The Morgan fingerprint density at radius 2 is 2.32 bits per heavy atom. The third kappa shape index (κ3) is 5.09. The molecule has 0 aliphatic carbocycles. The van der Waals surface area contributed by atoms with Gasteiger partial charge in [0.1, 0.15) is 11.6 Å². The van der Waals surface area contributed by atoms with Gasteiger partial charge in [0.05, 0.1) is 13.2 Å². The van der Waals surface area contributed by atoms with Crippen LogP contribution in [0, 0.1) is 0 Å². The van der Waals surface area contributed by atoms with Crippen LogP contribution in [-0.2, 0) is 16.0 Å². The molecule has 2 N–H and O–H groups in total. The lowest BCUT2D eigenvalue weighted by atomic mass is 10.4. The van der Waals surface area contributed by atoms with E-state index in [1.807, 2.05) is 6.92 Å². The van der Waals surface area contributed by atoms with Gasteiger partial charge in [-0.15, -0.1) is 0 Å². The average Bonchev–Trinajstić information content (AvgIpc) is 2.38. The number of anilines is 1. The van der Waals surface area contributed by atoms with Crippen molar-refractivity contribution >= 4 is 11.7 Å². The summed E-state index contributed by atoms with van der Waals surface area (Å²) in [6.07, 6.45) is 0.636. The van der Waals surface area contributed by atoms with Crippen molar-refractivity contribution < 1.29 is 9.53 Å². The third-order valence-electron chi connectivity index (χ3n) is 2.51. The van der Waals surface area contributed by atoms with Gasteiger partial charge in [-0.25, -0.2) is 4.98 Å². The molecule has 7 nitrogen and oxygen atoms in total. The first kappa shape index (κ1) is 15.2. The Bertz CT molecular complexity index is 472. The monoisotopic (exact) mass is 268 g/mol. The first-order valence-corrected chi connectivity index (χ1v) is 6.13. The highest BCUT2D eigenvalue weighted by molar-refractivity contribution is 5.80. The summed E-state index contributed by atoms with van der Waals surface area (Å²) in [5.41, 5.74) is -0.214. The number of aromatic amines is 1. The summed E-state index contributed by atoms with van der Waals surface area (Å²) in [6.45, 7) is 2.98. The first-order chi connectivity index (χ1) is 9.06. The number of carbonyl (C=O) groups is 1. The molecule has 0 fully saturated rings. The van der Waals surface area contributed by atoms with Crippen LogP contribution in [0.15, 0.2) is 10.9 Å². The number of carbonyl (C=O) groups excluding carboxylic acids is 1. The van der Waals surface area contributed by atoms with Crippen LogP contribution in [0.25, 0.3) is 0 Å². The van der Waals surface area contributed by atoms with Gasteiger partial charge in [0.2, 0.25) is 5.91 Å². The van der Waals surface area contributed by atoms with Crippen molar-refractivity contribution in [2.24, 2.45) is 0 Å². The lowest BCUT2D eigenvalue weighted by Crippen LogP contribution is -2.37. The molecule has 0 atom stereocenters. The smallest absolute Gasteiger partial charge is 0.252 e. The molecular weight excluding hydrogens is 248 g/mol. The van der Waals surface area contributed by atoms with E-state index in [4.69, 9.17) is 4.74 Å². The van der Waals surface area contributed by atoms with E-state index in [1.54, 1.807) is 19.1 Å². The van der Waals surface area contributed by atoms with Gasteiger partial charge in [-0.1, -0.05) is 6.92 Å². The number of likely N-dealkylation sites (N-methyl/N-ethyl adjacent to an activating group) is 1. The second kappa shape index (κ2) is 7.52. The molecule has 0 aliphatic rings. The zero-order valence-corrected chi connectivity index (χ0v) is 11.5. The first-order valence-electron chi connectivity index (χ1n) is 6.13. The fourth-order valence-electron chi connectivity index (χ4n) is 1.50. The van der Waals surface area contributed by atoms with Crippen LogP contribution in [0.3, 0.4) is 0 Å². The zero-order chi connectivity index (χ0) is 14.3. The molecule has 1 heterocycles. The molecule has 1 amide bonds. The third-order valence-corrected chi connectivity index (χ3v) is 2.51. The minimum atomic E-state index is -0.214. The maximum Gasteiger partial charge on any atom is 0.252 e. The number of amides is 1. The molecule has 1 rings (SSSR count). The summed E-state index contributed by atoms with van der Waals surface area (Å²) in [5, 5.41) is 2.71. The van der Waals surface area contributed by atoms with Gasteiger partial charge >= 0.3 is 0 Å². The van der Waals surface area contributed by atoms with Crippen LogP contribution >= 0.6 is 0 Å². The molecule has 0 aliphatic heterocycles. The molecule has 106 valence electrons. The van der Waals surface area contributed by atoms with Crippen molar-refractivity contribution in [2.75, 3.05) is 38.8 Å². The molecule has 0 bridgehead atoms. The van der Waals surface area contributed by atoms with Crippen molar-refractivity contribution in [3.63, 3.8) is 0 Å². The maximum atomic E-state index is 11.6. The minimum Gasteiger partial charge on any atom is -0.383 e. The standard InChI is InChI=1S/C12H20N4O3/c1-4-9-14-10(7-11(17)15-9)16(2)8-12(18)13-5-6-19-3/h7H,4-6,8H2,1-3H3,(H,13,18)(H,14,15,17). The number of nitrogens with one attached hydrogen (secondary N) is 2. The highest BCUT2D eigenvalue weighted by atomic mass is 16.5. The molecule has 1 aromatic rings. The van der Waals surface area contributed by atoms with E-state index >= 15 is 0 Å². The topological polar surface area (TPSA) is 87.3 Å². The molecule has 0 spiro atoms. The summed E-state index contributed by atoms with van der Waals surface area (Å²) in [4.78, 5) is 31.6. The Balaban J connectivity index is 2.62. The Hall–Kier alpha value is -1.89. The number of methoxy groups -OCH3 is 1. The summed E-state index contributed by atoms with van der Waals surface area (Å²) in [7, 11) is 3.29. The van der Waals surface area contributed by atoms with Crippen LogP contribution in [0.2, 0.25) is 0 Å². The van der Waals surface area contributed by atoms with Crippen LogP contribution in [0.4, 0.5) is 5.82 Å². The molecule has 0 unspecified atom stereocenters. The molecule has 7 heteroatoms. The quantitative estimate of drug-likeness (QED) is 0.653. The Morgan fingerprint density at radius 3 is 2.95 bits per heavy atom. The number of hydrogen-bond donors (Lipinski definition) is 2. The molecule has 0 saturated heterocycles. The lowest BCUT2D eigenvalue weighted by molar-refractivity contribution is -0.119. The van der Waals surface area contributed by atoms with Crippen LogP contribution in [-0.4, -0.2) is 49.7 Å². The minimum absolute atomic E-state index is 0.139. The van der Waals surface area contributed by atoms with Crippen molar-refractivity contribution in [3.05, 3.63) is 22.2 Å². The van der Waals surface area contributed by atoms with Crippen LogP contribution in [0.5, 0.6) is 0 Å². The maximum absolute atomic E-state index is 11.6. The molecule has 0 radical (unpaired) electrons. The van der Waals surface area contributed by atoms with E-state index < -0.39 is 0 Å². The molecule has 0 aromatic carbocycles. The van der Waals surface area contributed by atoms with Crippen molar-refractivity contribution in [3.8, 4) is 0 Å². The summed E-state index contributed by atoms with van der Waals surface area (Å²) in [5.74, 6) is 0.955. The van der Waals surface area contributed by atoms with Gasteiger partial charge in [-0.3, -0.25) is 9.59 Å². The number of aromatic nitrogens is 2. The molecule has 0 saturated carbocycles. The van der Waals surface area contributed by atoms with Gasteiger partial charge < -0.3 is 19.9 Å². The van der Waals surface area contributed by atoms with E-state index in [-0.39, 0.29) is 18.0 Å². The van der Waals surface area contributed by atoms with Crippen molar-refractivity contribution in [1.82, 2.24) is 15.3 Å². The van der Waals surface area contributed by atoms with E-state index in [1.165, 1.54) is 6.07 Å².